The molecule has 0 aliphatic rings. The van der Waals surface area contributed by atoms with Crippen molar-refractivity contribution >= 4 is 11.9 Å². The standard InChI is InChI=1S/C31H28O9/c1-18(32)17-25(36)40-31-27(21-10-14-23(34)15-11-21)28(37)30(26(29(31)38)20-8-12-22(33)13-9-20)39-24(35)16-7-19-5-3-2-4-6-19/h2-6,8-15,18,32-34,37-38H,7,16-17H2,1H3/t18-/m1/s1. The van der Waals surface area contributed by atoms with Crippen molar-refractivity contribution in [2.24, 2.45) is 0 Å². The number of aryl methyl sites for hydroxylation is 1. The topological polar surface area (TPSA) is 154 Å². The summed E-state index contributed by atoms with van der Waals surface area (Å²) in [5.74, 6) is -3.81. The van der Waals surface area contributed by atoms with Gasteiger partial charge in [-0.15, -0.1) is 0 Å². The summed E-state index contributed by atoms with van der Waals surface area (Å²) in [7, 11) is 0. The van der Waals surface area contributed by atoms with Crippen molar-refractivity contribution in [3.63, 3.8) is 0 Å². The number of carbonyl (C=O) groups is 2. The summed E-state index contributed by atoms with van der Waals surface area (Å²) in [5, 5.41) is 52.2. The zero-order chi connectivity index (χ0) is 28.8. The number of benzene rings is 4. The second kappa shape index (κ2) is 12.2. The quantitative estimate of drug-likeness (QED) is 0.111. The highest BCUT2D eigenvalue weighted by Gasteiger charge is 2.31. The van der Waals surface area contributed by atoms with Crippen molar-refractivity contribution in [2.45, 2.75) is 32.3 Å². The van der Waals surface area contributed by atoms with Crippen LogP contribution < -0.4 is 9.47 Å². The zero-order valence-corrected chi connectivity index (χ0v) is 21.6. The molecule has 0 heterocycles. The molecule has 0 spiro atoms. The van der Waals surface area contributed by atoms with Crippen LogP contribution >= 0.6 is 0 Å². The molecule has 206 valence electrons. The highest BCUT2D eigenvalue weighted by atomic mass is 16.6. The summed E-state index contributed by atoms with van der Waals surface area (Å²) in [5.41, 5.74) is 1.03. The summed E-state index contributed by atoms with van der Waals surface area (Å²) in [6.45, 7) is 1.39. The molecule has 1 atom stereocenters. The maximum absolute atomic E-state index is 13.0. The Morgan fingerprint density at radius 2 is 1.12 bits per heavy atom. The van der Waals surface area contributed by atoms with E-state index in [1.54, 1.807) is 0 Å². The van der Waals surface area contributed by atoms with E-state index in [0.717, 1.165) is 5.56 Å². The highest BCUT2D eigenvalue weighted by Crippen LogP contribution is 2.56. The fraction of sp³-hybridized carbons (Fsp3) is 0.161. The molecule has 40 heavy (non-hydrogen) atoms. The third-order valence-electron chi connectivity index (χ3n) is 6.02. The third-order valence-corrected chi connectivity index (χ3v) is 6.02. The van der Waals surface area contributed by atoms with E-state index in [9.17, 15) is 35.1 Å². The predicted octanol–water partition coefficient (Wildman–Crippen LogP) is 5.06. The van der Waals surface area contributed by atoms with Gasteiger partial charge in [-0.25, -0.2) is 0 Å². The Bertz CT molecular complexity index is 1490. The summed E-state index contributed by atoms with van der Waals surface area (Å²) >= 11 is 0. The first-order valence-corrected chi connectivity index (χ1v) is 12.5. The van der Waals surface area contributed by atoms with Crippen molar-refractivity contribution in [3.05, 3.63) is 84.4 Å². The average Bonchev–Trinajstić information content (AvgIpc) is 2.92. The number of aliphatic hydroxyl groups is 1. The Morgan fingerprint density at radius 1 is 0.675 bits per heavy atom. The van der Waals surface area contributed by atoms with Crippen LogP contribution in [0.1, 0.15) is 25.3 Å². The minimum absolute atomic E-state index is 0.0428. The van der Waals surface area contributed by atoms with Crippen LogP contribution in [0.2, 0.25) is 0 Å². The first kappa shape index (κ1) is 28.0. The Morgan fingerprint density at radius 3 is 1.57 bits per heavy atom. The molecule has 5 N–H and O–H groups in total. The van der Waals surface area contributed by atoms with Crippen molar-refractivity contribution in [1.29, 1.82) is 0 Å². The predicted molar refractivity (Wildman–Crippen MR) is 146 cm³/mol. The maximum atomic E-state index is 13.0. The van der Waals surface area contributed by atoms with Crippen molar-refractivity contribution in [2.75, 3.05) is 0 Å². The number of hydrogen-bond acceptors (Lipinski definition) is 9. The minimum atomic E-state index is -1.04. The molecule has 9 nitrogen and oxygen atoms in total. The fourth-order valence-electron chi connectivity index (χ4n) is 4.12. The number of esters is 2. The van der Waals surface area contributed by atoms with Crippen LogP contribution in [0.25, 0.3) is 22.3 Å². The molecule has 0 radical (unpaired) electrons. The Labute approximate surface area is 230 Å². The molecule has 0 saturated carbocycles. The van der Waals surface area contributed by atoms with Gasteiger partial charge in [-0.3, -0.25) is 9.59 Å². The molecular weight excluding hydrogens is 516 g/mol. The number of aliphatic hydroxyl groups excluding tert-OH is 1. The number of phenolic OH excluding ortho intramolecular Hbond substituents is 4. The lowest BCUT2D eigenvalue weighted by molar-refractivity contribution is -0.136. The largest absolute Gasteiger partial charge is 0.508 e. The Balaban J connectivity index is 1.88. The van der Waals surface area contributed by atoms with Gasteiger partial charge in [0.15, 0.2) is 23.0 Å². The van der Waals surface area contributed by atoms with E-state index in [1.807, 2.05) is 30.3 Å². The third kappa shape index (κ3) is 6.51. The van der Waals surface area contributed by atoms with Gasteiger partial charge in [0.1, 0.15) is 11.5 Å². The van der Waals surface area contributed by atoms with E-state index in [2.05, 4.69) is 0 Å². The molecule has 4 aromatic carbocycles. The van der Waals surface area contributed by atoms with Gasteiger partial charge in [-0.1, -0.05) is 54.6 Å². The first-order valence-electron chi connectivity index (χ1n) is 12.5. The minimum Gasteiger partial charge on any atom is -0.508 e. The van der Waals surface area contributed by atoms with Gasteiger partial charge in [-0.2, -0.15) is 0 Å². The van der Waals surface area contributed by atoms with E-state index in [0.29, 0.717) is 6.42 Å². The van der Waals surface area contributed by atoms with Crippen molar-refractivity contribution in [3.8, 4) is 56.8 Å². The van der Waals surface area contributed by atoms with Crippen LogP contribution in [0.3, 0.4) is 0 Å². The molecule has 0 unspecified atom stereocenters. The number of ether oxygens (including phenoxy) is 2. The van der Waals surface area contributed by atoms with Crippen LogP contribution in [0, 0.1) is 0 Å². The van der Waals surface area contributed by atoms with E-state index < -0.39 is 41.7 Å². The molecule has 0 amide bonds. The first-order chi connectivity index (χ1) is 19.1. The van der Waals surface area contributed by atoms with Gasteiger partial charge in [0.05, 0.1) is 23.7 Å². The second-order valence-electron chi connectivity index (χ2n) is 9.19. The average molecular weight is 545 g/mol. The second-order valence-corrected chi connectivity index (χ2v) is 9.19. The summed E-state index contributed by atoms with van der Waals surface area (Å²) in [6.07, 6.45) is -1.12. The van der Waals surface area contributed by atoms with E-state index in [-0.39, 0.29) is 45.9 Å². The van der Waals surface area contributed by atoms with Crippen LogP contribution in [-0.2, 0) is 16.0 Å². The number of carbonyl (C=O) groups excluding carboxylic acids is 2. The molecule has 9 heteroatoms. The van der Waals surface area contributed by atoms with Gasteiger partial charge in [-0.05, 0) is 54.3 Å². The van der Waals surface area contributed by atoms with Crippen LogP contribution in [0.4, 0.5) is 0 Å². The molecule has 0 fully saturated rings. The molecular formula is C31H28O9. The number of hydrogen-bond donors (Lipinski definition) is 5. The fourth-order valence-corrected chi connectivity index (χ4v) is 4.12. The summed E-state index contributed by atoms with van der Waals surface area (Å²) < 4.78 is 11.1. The van der Waals surface area contributed by atoms with Gasteiger partial charge >= 0.3 is 11.9 Å². The number of rotatable bonds is 9. The summed E-state index contributed by atoms with van der Waals surface area (Å²) in [4.78, 5) is 25.5. The normalized spacial score (nSPS) is 11.6. The molecule has 4 aromatic rings. The lowest BCUT2D eigenvalue weighted by atomic mass is 9.95. The molecule has 0 aliphatic heterocycles. The SMILES string of the molecule is C[C@@H](O)CC(=O)Oc1c(O)c(-c2ccc(O)cc2)c(OC(=O)CCc2ccccc2)c(O)c1-c1ccc(O)cc1. The van der Waals surface area contributed by atoms with Crippen LogP contribution in [0.15, 0.2) is 78.9 Å². The summed E-state index contributed by atoms with van der Waals surface area (Å²) in [6, 6.07) is 20.2. The molecule has 4 rings (SSSR count). The molecule has 0 bridgehead atoms. The Hall–Kier alpha value is -5.02. The van der Waals surface area contributed by atoms with Crippen LogP contribution in [0.5, 0.6) is 34.5 Å². The lowest BCUT2D eigenvalue weighted by Gasteiger charge is -2.21. The Kier molecular flexibility index (Phi) is 8.56. The smallest absolute Gasteiger partial charge is 0.313 e. The monoisotopic (exact) mass is 544 g/mol. The van der Waals surface area contributed by atoms with Gasteiger partial charge < -0.3 is 35.0 Å². The molecule has 0 saturated heterocycles. The highest BCUT2D eigenvalue weighted by molar-refractivity contribution is 5.95. The number of aromatic hydroxyl groups is 4. The van der Waals surface area contributed by atoms with E-state index >= 15 is 0 Å². The van der Waals surface area contributed by atoms with Crippen molar-refractivity contribution in [1.82, 2.24) is 0 Å². The number of phenols is 4. The van der Waals surface area contributed by atoms with Gasteiger partial charge in [0.2, 0.25) is 0 Å². The van der Waals surface area contributed by atoms with Gasteiger partial charge in [0, 0.05) is 6.42 Å². The molecule has 0 aromatic heterocycles. The molecule has 0 aliphatic carbocycles. The van der Waals surface area contributed by atoms with Gasteiger partial charge in [0.25, 0.3) is 0 Å². The van der Waals surface area contributed by atoms with Crippen molar-refractivity contribution < 1.29 is 44.6 Å². The lowest BCUT2D eigenvalue weighted by Crippen LogP contribution is -2.16. The maximum Gasteiger partial charge on any atom is 0.313 e. The van der Waals surface area contributed by atoms with Crippen LogP contribution in [-0.4, -0.2) is 43.6 Å². The van der Waals surface area contributed by atoms with E-state index in [1.165, 1.54) is 55.5 Å². The zero-order valence-electron chi connectivity index (χ0n) is 21.6. The van der Waals surface area contributed by atoms with E-state index in [4.69, 9.17) is 9.47 Å².